The highest BCUT2D eigenvalue weighted by Crippen LogP contribution is 2.23. The van der Waals surface area contributed by atoms with E-state index in [4.69, 9.17) is 0 Å². The Bertz CT molecular complexity index is 289. The van der Waals surface area contributed by atoms with Crippen molar-refractivity contribution < 1.29 is 4.79 Å². The summed E-state index contributed by atoms with van der Waals surface area (Å²) in [5.74, 6) is 0.332. The summed E-state index contributed by atoms with van der Waals surface area (Å²) >= 11 is 0. The van der Waals surface area contributed by atoms with Crippen molar-refractivity contribution >= 4 is 5.91 Å². The average molecular weight is 252 g/mol. The highest BCUT2D eigenvalue weighted by molar-refractivity contribution is 5.79. The molecule has 2 aliphatic rings. The fourth-order valence-corrected chi connectivity index (χ4v) is 3.21. The van der Waals surface area contributed by atoms with E-state index in [0.29, 0.717) is 24.4 Å². The molecule has 0 aromatic heterocycles. The molecule has 18 heavy (non-hydrogen) atoms. The number of hydrogen-bond donors (Lipinski definition) is 1. The van der Waals surface area contributed by atoms with Gasteiger partial charge in [-0.2, -0.15) is 0 Å². The van der Waals surface area contributed by atoms with Gasteiger partial charge in [-0.3, -0.25) is 4.79 Å². The summed E-state index contributed by atoms with van der Waals surface area (Å²) in [7, 11) is 0. The Morgan fingerprint density at radius 3 is 2.44 bits per heavy atom. The molecule has 3 heteroatoms. The zero-order chi connectivity index (χ0) is 13.2. The van der Waals surface area contributed by atoms with Crippen LogP contribution in [0.4, 0.5) is 0 Å². The van der Waals surface area contributed by atoms with Gasteiger partial charge in [-0.15, -0.1) is 0 Å². The number of carbonyl (C=O) groups excluding carboxylic acids is 1. The molecule has 1 N–H and O–H groups in total. The van der Waals surface area contributed by atoms with E-state index in [9.17, 15) is 4.79 Å². The Labute approximate surface area is 111 Å². The summed E-state index contributed by atoms with van der Waals surface area (Å²) in [4.78, 5) is 14.0. The summed E-state index contributed by atoms with van der Waals surface area (Å²) in [5.41, 5.74) is 0.204. The van der Waals surface area contributed by atoms with Crippen molar-refractivity contribution in [3.05, 3.63) is 0 Å². The van der Waals surface area contributed by atoms with Crippen LogP contribution < -0.4 is 5.32 Å². The summed E-state index contributed by atoms with van der Waals surface area (Å²) in [6.07, 6.45) is 7.38. The molecule has 1 saturated heterocycles. The van der Waals surface area contributed by atoms with Gasteiger partial charge in [0.05, 0.1) is 0 Å². The van der Waals surface area contributed by atoms with Gasteiger partial charge in [-0.05, 0) is 18.3 Å². The van der Waals surface area contributed by atoms with Gasteiger partial charge in [0.15, 0.2) is 0 Å². The third kappa shape index (κ3) is 3.98. The molecule has 0 aromatic rings. The van der Waals surface area contributed by atoms with E-state index < -0.39 is 0 Å². The molecule has 104 valence electrons. The number of amides is 1. The monoisotopic (exact) mass is 252 g/mol. The van der Waals surface area contributed by atoms with Crippen LogP contribution >= 0.6 is 0 Å². The zero-order valence-electron chi connectivity index (χ0n) is 12.2. The van der Waals surface area contributed by atoms with E-state index in [0.717, 1.165) is 13.1 Å². The number of carbonyl (C=O) groups is 1. The largest absolute Gasteiger partial charge is 0.341 e. The summed E-state index contributed by atoms with van der Waals surface area (Å²) in [6, 6.07) is 1.05. The fourth-order valence-electron chi connectivity index (χ4n) is 3.21. The molecular weight excluding hydrogens is 224 g/mol. The van der Waals surface area contributed by atoms with Gasteiger partial charge in [0, 0.05) is 31.6 Å². The molecule has 1 aliphatic carbocycles. The second-order valence-electron chi connectivity index (χ2n) is 7.24. The first kappa shape index (κ1) is 13.9. The minimum atomic E-state index is 0.204. The maximum absolute atomic E-state index is 12.0. The predicted octanol–water partition coefficient (Wildman–Crippen LogP) is 2.56. The Kier molecular flexibility index (Phi) is 4.31. The van der Waals surface area contributed by atoms with E-state index in [-0.39, 0.29) is 5.41 Å². The number of likely N-dealkylation sites (tertiary alicyclic amines) is 1. The van der Waals surface area contributed by atoms with Gasteiger partial charge in [0.25, 0.3) is 0 Å². The molecule has 0 aromatic carbocycles. The van der Waals surface area contributed by atoms with Crippen LogP contribution in [0, 0.1) is 5.41 Å². The lowest BCUT2D eigenvalue weighted by Crippen LogP contribution is -2.42. The van der Waals surface area contributed by atoms with Gasteiger partial charge in [-0.1, -0.05) is 40.0 Å². The maximum Gasteiger partial charge on any atom is 0.224 e. The Hall–Kier alpha value is -0.570. The lowest BCUT2D eigenvalue weighted by molar-refractivity contribution is -0.128. The third-order valence-corrected chi connectivity index (χ3v) is 3.96. The van der Waals surface area contributed by atoms with Crippen molar-refractivity contribution in [2.75, 3.05) is 13.1 Å². The third-order valence-electron chi connectivity index (χ3n) is 3.96. The molecule has 3 nitrogen and oxygen atoms in total. The molecule has 0 bridgehead atoms. The van der Waals surface area contributed by atoms with Crippen LogP contribution in [0.1, 0.15) is 59.3 Å². The Balaban J connectivity index is 1.80. The van der Waals surface area contributed by atoms with E-state index in [1.807, 2.05) is 4.90 Å². The van der Waals surface area contributed by atoms with Crippen LogP contribution in [0.15, 0.2) is 0 Å². The second kappa shape index (κ2) is 5.60. The molecule has 2 fully saturated rings. The predicted molar refractivity (Wildman–Crippen MR) is 74.4 cm³/mol. The molecule has 0 spiro atoms. The van der Waals surface area contributed by atoms with Crippen molar-refractivity contribution in [2.45, 2.75) is 71.4 Å². The number of nitrogens with zero attached hydrogens (tertiary/aromatic N) is 1. The van der Waals surface area contributed by atoms with Gasteiger partial charge in [0.2, 0.25) is 5.91 Å². The van der Waals surface area contributed by atoms with Crippen LogP contribution in [-0.2, 0) is 4.79 Å². The first-order chi connectivity index (χ1) is 8.44. The van der Waals surface area contributed by atoms with Crippen LogP contribution in [0.25, 0.3) is 0 Å². The van der Waals surface area contributed by atoms with E-state index >= 15 is 0 Å². The van der Waals surface area contributed by atoms with Crippen LogP contribution in [0.3, 0.4) is 0 Å². The average Bonchev–Trinajstić information content (AvgIpc) is 2.58. The minimum Gasteiger partial charge on any atom is -0.341 e. The fraction of sp³-hybridized carbons (Fsp3) is 0.933. The highest BCUT2D eigenvalue weighted by atomic mass is 16.2. The van der Waals surface area contributed by atoms with Crippen molar-refractivity contribution in [1.29, 1.82) is 0 Å². The van der Waals surface area contributed by atoms with Gasteiger partial charge in [0.1, 0.15) is 0 Å². The molecule has 1 amide bonds. The Morgan fingerprint density at radius 1 is 1.17 bits per heavy atom. The Morgan fingerprint density at radius 2 is 1.83 bits per heavy atom. The van der Waals surface area contributed by atoms with Crippen molar-refractivity contribution in [2.24, 2.45) is 5.41 Å². The van der Waals surface area contributed by atoms with E-state index in [1.165, 1.54) is 32.1 Å². The smallest absolute Gasteiger partial charge is 0.224 e. The standard InChI is InChI=1S/C15H28N2O/c1-15(2,3)11-17-10-13(9-14(17)18)16-12-7-5-4-6-8-12/h12-13,16H,4-11H2,1-3H3/t13-/m1/s1. The SMILES string of the molecule is CC(C)(C)CN1C[C@H](NC2CCCCC2)CC1=O. The molecule has 2 rings (SSSR count). The quantitative estimate of drug-likeness (QED) is 0.837. The first-order valence-corrected chi connectivity index (χ1v) is 7.48. The van der Waals surface area contributed by atoms with Crippen LogP contribution in [-0.4, -0.2) is 36.0 Å². The van der Waals surface area contributed by atoms with E-state index in [1.54, 1.807) is 0 Å². The zero-order valence-corrected chi connectivity index (χ0v) is 12.2. The topological polar surface area (TPSA) is 32.3 Å². The molecule has 1 atom stereocenters. The highest BCUT2D eigenvalue weighted by Gasteiger charge is 2.32. The van der Waals surface area contributed by atoms with Crippen LogP contribution in [0.2, 0.25) is 0 Å². The molecule has 1 aliphatic heterocycles. The number of hydrogen-bond acceptors (Lipinski definition) is 2. The lowest BCUT2D eigenvalue weighted by Gasteiger charge is -2.28. The second-order valence-corrected chi connectivity index (χ2v) is 7.24. The molecule has 0 unspecified atom stereocenters. The molecule has 1 saturated carbocycles. The molecule has 0 radical (unpaired) electrons. The number of rotatable bonds is 3. The van der Waals surface area contributed by atoms with E-state index in [2.05, 4.69) is 26.1 Å². The maximum atomic E-state index is 12.0. The van der Waals surface area contributed by atoms with Crippen molar-refractivity contribution in [3.63, 3.8) is 0 Å². The normalized spacial score (nSPS) is 26.9. The van der Waals surface area contributed by atoms with Gasteiger partial charge in [-0.25, -0.2) is 0 Å². The van der Waals surface area contributed by atoms with Crippen LogP contribution in [0.5, 0.6) is 0 Å². The summed E-state index contributed by atoms with van der Waals surface area (Å²) in [6.45, 7) is 8.38. The van der Waals surface area contributed by atoms with Crippen molar-refractivity contribution in [1.82, 2.24) is 10.2 Å². The number of nitrogens with one attached hydrogen (secondary N) is 1. The summed E-state index contributed by atoms with van der Waals surface area (Å²) < 4.78 is 0. The molecule has 1 heterocycles. The van der Waals surface area contributed by atoms with Gasteiger partial charge >= 0.3 is 0 Å². The first-order valence-electron chi connectivity index (χ1n) is 7.48. The van der Waals surface area contributed by atoms with Crippen molar-refractivity contribution in [3.8, 4) is 0 Å². The lowest BCUT2D eigenvalue weighted by atomic mass is 9.95. The molecular formula is C15H28N2O. The summed E-state index contributed by atoms with van der Waals surface area (Å²) in [5, 5.41) is 3.70. The minimum absolute atomic E-state index is 0.204. The van der Waals surface area contributed by atoms with Gasteiger partial charge < -0.3 is 10.2 Å².